The van der Waals surface area contributed by atoms with Gasteiger partial charge in [0.1, 0.15) is 0 Å². The van der Waals surface area contributed by atoms with Gasteiger partial charge in [-0.25, -0.2) is 0 Å². The molecule has 1 aromatic rings. The monoisotopic (exact) mass is 332 g/mol. The minimum absolute atomic E-state index is 0.117. The van der Waals surface area contributed by atoms with Crippen LogP contribution in [-0.4, -0.2) is 15.6 Å². The van der Waals surface area contributed by atoms with E-state index in [0.717, 1.165) is 10.7 Å². The highest BCUT2D eigenvalue weighted by Gasteiger charge is 2.34. The van der Waals surface area contributed by atoms with Gasteiger partial charge in [-0.15, -0.1) is 0 Å². The molecule has 1 rings (SSSR count). The number of ketones is 1. The fourth-order valence-electron chi connectivity index (χ4n) is 1.05. The van der Waals surface area contributed by atoms with E-state index >= 15 is 0 Å². The third-order valence-electron chi connectivity index (χ3n) is 1.66. The van der Waals surface area contributed by atoms with Crippen molar-refractivity contribution >= 4 is 28.4 Å². The lowest BCUT2D eigenvalue weighted by Crippen LogP contribution is -2.12. The van der Waals surface area contributed by atoms with Crippen molar-refractivity contribution in [1.29, 1.82) is 0 Å². The predicted molar refractivity (Wildman–Crippen MR) is 55.6 cm³/mol. The zero-order valence-corrected chi connectivity index (χ0v) is 9.96. The van der Waals surface area contributed by atoms with Crippen LogP contribution in [0.2, 0.25) is 0 Å². The van der Waals surface area contributed by atoms with E-state index in [1.807, 2.05) is 22.6 Å². The highest BCUT2D eigenvalue weighted by atomic mass is 127. The zero-order chi connectivity index (χ0) is 11.6. The van der Waals surface area contributed by atoms with Gasteiger partial charge >= 0.3 is 6.18 Å². The molecular weight excluding hydrogens is 324 g/mol. The van der Waals surface area contributed by atoms with Gasteiger partial charge in [0.25, 0.3) is 0 Å². The molecule has 84 valence electrons. The molecule has 0 amide bonds. The van der Waals surface area contributed by atoms with Crippen molar-refractivity contribution in [3.63, 3.8) is 0 Å². The van der Waals surface area contributed by atoms with Crippen LogP contribution in [0.5, 0.6) is 0 Å². The van der Waals surface area contributed by atoms with Gasteiger partial charge in [-0.1, -0.05) is 22.6 Å². The van der Waals surface area contributed by atoms with Gasteiger partial charge in [-0.3, -0.25) is 9.48 Å². The first kappa shape index (κ1) is 12.5. The van der Waals surface area contributed by atoms with Crippen LogP contribution in [0.25, 0.3) is 0 Å². The summed E-state index contributed by atoms with van der Waals surface area (Å²) in [7, 11) is 0. The highest BCUT2D eigenvalue weighted by molar-refractivity contribution is 14.1. The summed E-state index contributed by atoms with van der Waals surface area (Å²) in [4.78, 5) is 10.8. The summed E-state index contributed by atoms with van der Waals surface area (Å²) in [5.41, 5.74) is -0.548. The summed E-state index contributed by atoms with van der Waals surface area (Å²) in [5.74, 6) is -0.224. The first-order valence-electron chi connectivity index (χ1n) is 4.04. The lowest BCUT2D eigenvalue weighted by atomic mass is 10.3. The molecule has 1 heterocycles. The van der Waals surface area contributed by atoms with Crippen molar-refractivity contribution in [1.82, 2.24) is 9.78 Å². The molecule has 1 aromatic heterocycles. The molecule has 0 spiro atoms. The first-order valence-corrected chi connectivity index (χ1v) is 5.56. The maximum atomic E-state index is 12.3. The van der Waals surface area contributed by atoms with Crippen molar-refractivity contribution in [2.24, 2.45) is 0 Å². The Balaban J connectivity index is 3.06. The van der Waals surface area contributed by atoms with Crippen molar-refractivity contribution in [3.8, 4) is 0 Å². The van der Waals surface area contributed by atoms with E-state index < -0.39 is 11.9 Å². The average molecular weight is 332 g/mol. The molecule has 3 nitrogen and oxygen atoms in total. The van der Waals surface area contributed by atoms with Crippen LogP contribution in [0.3, 0.4) is 0 Å². The Labute approximate surface area is 97.8 Å². The normalized spacial score (nSPS) is 11.8. The second-order valence-corrected chi connectivity index (χ2v) is 3.77. The van der Waals surface area contributed by atoms with E-state index in [0.29, 0.717) is 10.1 Å². The lowest BCUT2D eigenvalue weighted by molar-refractivity contribution is -0.141. The summed E-state index contributed by atoms with van der Waals surface area (Å²) < 4.78 is 38.4. The number of hydrogen-bond donors (Lipinski definition) is 0. The fourth-order valence-corrected chi connectivity index (χ4v) is 1.66. The highest BCUT2D eigenvalue weighted by Crippen LogP contribution is 2.29. The number of carbonyl (C=O) groups is 1. The van der Waals surface area contributed by atoms with Gasteiger partial charge in [-0.2, -0.15) is 18.3 Å². The van der Waals surface area contributed by atoms with E-state index in [4.69, 9.17) is 0 Å². The second kappa shape index (κ2) is 4.50. The van der Waals surface area contributed by atoms with Crippen LogP contribution in [0.1, 0.15) is 18.3 Å². The molecule has 0 aliphatic heterocycles. The SMILES string of the molecule is CC(=O)Cn1nc(C(F)(F)F)cc1CI. The molecule has 0 bridgehead atoms. The molecule has 0 saturated heterocycles. The molecule has 0 unspecified atom stereocenters. The van der Waals surface area contributed by atoms with E-state index in [9.17, 15) is 18.0 Å². The predicted octanol–water partition coefficient (Wildman–Crippen LogP) is 2.43. The molecule has 0 atom stereocenters. The van der Waals surface area contributed by atoms with Gasteiger partial charge in [-0.05, 0) is 13.0 Å². The van der Waals surface area contributed by atoms with Gasteiger partial charge in [0.15, 0.2) is 11.5 Å². The summed E-state index contributed by atoms with van der Waals surface area (Å²) in [6.45, 7) is 1.19. The summed E-state index contributed by atoms with van der Waals surface area (Å²) in [6.07, 6.45) is -4.46. The van der Waals surface area contributed by atoms with Gasteiger partial charge < -0.3 is 0 Å². The third-order valence-corrected chi connectivity index (χ3v) is 2.44. The van der Waals surface area contributed by atoms with E-state index in [2.05, 4.69) is 5.10 Å². The van der Waals surface area contributed by atoms with E-state index in [1.54, 1.807) is 0 Å². The summed E-state index contributed by atoms with van der Waals surface area (Å²) in [5, 5.41) is 3.36. The van der Waals surface area contributed by atoms with Crippen LogP contribution in [0.4, 0.5) is 13.2 Å². The Kier molecular flexibility index (Phi) is 3.74. The van der Waals surface area contributed by atoms with Crippen molar-refractivity contribution < 1.29 is 18.0 Å². The number of aromatic nitrogens is 2. The number of nitrogens with zero attached hydrogens (tertiary/aromatic N) is 2. The minimum atomic E-state index is -4.46. The number of Topliss-reactive ketones (excluding diaryl/α,β-unsaturated/α-hetero) is 1. The van der Waals surface area contributed by atoms with Crippen LogP contribution < -0.4 is 0 Å². The molecule has 0 fully saturated rings. The molecule has 0 aliphatic rings. The average Bonchev–Trinajstić information content (AvgIpc) is 2.45. The number of alkyl halides is 4. The minimum Gasteiger partial charge on any atom is -0.298 e. The number of rotatable bonds is 3. The smallest absolute Gasteiger partial charge is 0.298 e. The van der Waals surface area contributed by atoms with E-state index in [-0.39, 0.29) is 12.3 Å². The summed E-state index contributed by atoms with van der Waals surface area (Å²) >= 11 is 1.93. The Morgan fingerprint density at radius 3 is 2.60 bits per heavy atom. The Morgan fingerprint density at radius 2 is 2.20 bits per heavy atom. The zero-order valence-electron chi connectivity index (χ0n) is 7.81. The quantitative estimate of drug-likeness (QED) is 0.629. The van der Waals surface area contributed by atoms with Crippen molar-refractivity contribution in [2.75, 3.05) is 0 Å². The van der Waals surface area contributed by atoms with Crippen LogP contribution in [-0.2, 0) is 21.9 Å². The number of halogens is 4. The molecule has 0 aromatic carbocycles. The first-order chi connectivity index (χ1) is 6.84. The molecule has 0 saturated carbocycles. The van der Waals surface area contributed by atoms with Crippen molar-refractivity contribution in [2.45, 2.75) is 24.1 Å². The fraction of sp³-hybridized carbons (Fsp3) is 0.500. The van der Waals surface area contributed by atoms with Gasteiger partial charge in [0, 0.05) is 10.1 Å². The standard InChI is InChI=1S/C8H8F3IN2O/c1-5(15)4-14-6(3-12)2-7(13-14)8(9,10)11/h2H,3-4H2,1H3. The lowest BCUT2D eigenvalue weighted by Gasteiger charge is -2.02. The van der Waals surface area contributed by atoms with Crippen molar-refractivity contribution in [3.05, 3.63) is 17.5 Å². The largest absolute Gasteiger partial charge is 0.435 e. The number of hydrogen-bond acceptors (Lipinski definition) is 2. The Hall–Kier alpha value is -0.600. The van der Waals surface area contributed by atoms with Gasteiger partial charge in [0.05, 0.1) is 6.54 Å². The molecular formula is C8H8F3IN2O. The maximum Gasteiger partial charge on any atom is 0.435 e. The van der Waals surface area contributed by atoms with Crippen LogP contribution in [0, 0.1) is 0 Å². The van der Waals surface area contributed by atoms with Gasteiger partial charge in [0.2, 0.25) is 0 Å². The number of carbonyl (C=O) groups excluding carboxylic acids is 1. The molecule has 0 radical (unpaired) electrons. The van der Waals surface area contributed by atoms with E-state index in [1.165, 1.54) is 6.92 Å². The second-order valence-electron chi connectivity index (χ2n) is 3.01. The Morgan fingerprint density at radius 1 is 1.60 bits per heavy atom. The Bertz CT molecular complexity index is 372. The van der Waals surface area contributed by atoms with Crippen LogP contribution in [0.15, 0.2) is 6.07 Å². The molecule has 15 heavy (non-hydrogen) atoms. The van der Waals surface area contributed by atoms with Crippen LogP contribution >= 0.6 is 22.6 Å². The topological polar surface area (TPSA) is 34.9 Å². The third kappa shape index (κ3) is 3.18. The molecule has 7 heteroatoms. The molecule has 0 aliphatic carbocycles. The summed E-state index contributed by atoms with van der Waals surface area (Å²) in [6, 6.07) is 0.968. The molecule has 0 N–H and O–H groups in total. The maximum absolute atomic E-state index is 12.3.